The molecule has 0 saturated heterocycles. The Morgan fingerprint density at radius 1 is 1.16 bits per heavy atom. The SMILES string of the molecule is CC(NC(=O)c1ccnc(N(C)C)c1)c1ccc2c(c1)OCCCO2. The molecule has 2 aromatic rings. The number of hydrogen-bond acceptors (Lipinski definition) is 5. The zero-order valence-electron chi connectivity index (χ0n) is 14.8. The van der Waals surface area contributed by atoms with Crippen LogP contribution in [0.1, 0.15) is 35.3 Å². The van der Waals surface area contributed by atoms with Crippen LogP contribution in [0.4, 0.5) is 5.82 Å². The summed E-state index contributed by atoms with van der Waals surface area (Å²) < 4.78 is 11.4. The molecule has 0 fully saturated rings. The number of nitrogens with zero attached hydrogens (tertiary/aromatic N) is 2. The number of ether oxygens (including phenoxy) is 2. The molecule has 1 aliphatic heterocycles. The number of aromatic nitrogens is 1. The third-order valence-electron chi connectivity index (χ3n) is 4.09. The molecule has 6 nitrogen and oxygen atoms in total. The van der Waals surface area contributed by atoms with Crippen molar-refractivity contribution in [3.63, 3.8) is 0 Å². The molecule has 132 valence electrons. The number of hydrogen-bond donors (Lipinski definition) is 1. The van der Waals surface area contributed by atoms with Crippen molar-refractivity contribution >= 4 is 11.7 Å². The fourth-order valence-electron chi connectivity index (χ4n) is 2.62. The maximum Gasteiger partial charge on any atom is 0.251 e. The molecule has 1 aromatic carbocycles. The topological polar surface area (TPSA) is 63.7 Å². The predicted molar refractivity (Wildman–Crippen MR) is 96.5 cm³/mol. The van der Waals surface area contributed by atoms with Gasteiger partial charge in [-0.3, -0.25) is 4.79 Å². The molecule has 0 radical (unpaired) electrons. The van der Waals surface area contributed by atoms with Crippen LogP contribution in [0.3, 0.4) is 0 Å². The van der Waals surface area contributed by atoms with Gasteiger partial charge in [-0.1, -0.05) is 6.07 Å². The van der Waals surface area contributed by atoms with Crippen molar-refractivity contribution in [3.8, 4) is 11.5 Å². The maximum atomic E-state index is 12.5. The minimum Gasteiger partial charge on any atom is -0.490 e. The monoisotopic (exact) mass is 341 g/mol. The Morgan fingerprint density at radius 3 is 2.68 bits per heavy atom. The van der Waals surface area contributed by atoms with E-state index in [1.54, 1.807) is 18.3 Å². The zero-order valence-corrected chi connectivity index (χ0v) is 14.8. The summed E-state index contributed by atoms with van der Waals surface area (Å²) in [6, 6.07) is 9.12. The summed E-state index contributed by atoms with van der Waals surface area (Å²) >= 11 is 0. The van der Waals surface area contributed by atoms with Crippen molar-refractivity contribution in [1.82, 2.24) is 10.3 Å². The van der Waals surface area contributed by atoms with E-state index < -0.39 is 0 Å². The van der Waals surface area contributed by atoms with Crippen LogP contribution >= 0.6 is 0 Å². The van der Waals surface area contributed by atoms with E-state index in [2.05, 4.69) is 10.3 Å². The van der Waals surface area contributed by atoms with E-state index in [9.17, 15) is 4.79 Å². The van der Waals surface area contributed by atoms with Gasteiger partial charge >= 0.3 is 0 Å². The van der Waals surface area contributed by atoms with Crippen LogP contribution in [0.15, 0.2) is 36.5 Å². The summed E-state index contributed by atoms with van der Waals surface area (Å²) in [5.74, 6) is 2.10. The van der Waals surface area contributed by atoms with Crippen molar-refractivity contribution in [2.75, 3.05) is 32.2 Å². The Balaban J connectivity index is 1.73. The Hall–Kier alpha value is -2.76. The lowest BCUT2D eigenvalue weighted by Gasteiger charge is -2.17. The molecule has 1 aliphatic rings. The first kappa shape index (κ1) is 17.1. The van der Waals surface area contributed by atoms with Gasteiger partial charge in [0.1, 0.15) is 5.82 Å². The first-order chi connectivity index (χ1) is 12.0. The van der Waals surface area contributed by atoms with E-state index in [-0.39, 0.29) is 11.9 Å². The van der Waals surface area contributed by atoms with E-state index in [4.69, 9.17) is 9.47 Å². The van der Waals surface area contributed by atoms with E-state index in [1.165, 1.54) is 0 Å². The molecule has 1 aromatic heterocycles. The first-order valence-corrected chi connectivity index (χ1v) is 8.38. The zero-order chi connectivity index (χ0) is 17.8. The number of fused-ring (bicyclic) bond motifs is 1. The molecule has 6 heteroatoms. The van der Waals surface area contributed by atoms with Gasteiger partial charge in [-0.2, -0.15) is 0 Å². The van der Waals surface area contributed by atoms with Crippen LogP contribution in [0.5, 0.6) is 11.5 Å². The lowest BCUT2D eigenvalue weighted by molar-refractivity contribution is 0.0939. The lowest BCUT2D eigenvalue weighted by atomic mass is 10.1. The van der Waals surface area contributed by atoms with Gasteiger partial charge in [0.05, 0.1) is 19.3 Å². The van der Waals surface area contributed by atoms with Crippen LogP contribution in [0.2, 0.25) is 0 Å². The summed E-state index contributed by atoms with van der Waals surface area (Å²) in [5.41, 5.74) is 1.55. The average Bonchev–Trinajstić information content (AvgIpc) is 2.86. The molecule has 1 N–H and O–H groups in total. The van der Waals surface area contributed by atoms with Gasteiger partial charge in [0, 0.05) is 32.3 Å². The number of nitrogens with one attached hydrogen (secondary N) is 1. The molecule has 0 aliphatic carbocycles. The Labute approximate surface area is 147 Å². The molecule has 0 saturated carbocycles. The fourth-order valence-corrected chi connectivity index (χ4v) is 2.62. The molecule has 1 unspecified atom stereocenters. The largest absolute Gasteiger partial charge is 0.490 e. The average molecular weight is 341 g/mol. The molecular formula is C19H23N3O3. The summed E-state index contributed by atoms with van der Waals surface area (Å²) in [7, 11) is 3.79. The molecule has 25 heavy (non-hydrogen) atoms. The minimum absolute atomic E-state index is 0.134. The highest BCUT2D eigenvalue weighted by Crippen LogP contribution is 2.32. The van der Waals surface area contributed by atoms with E-state index in [0.717, 1.165) is 29.3 Å². The highest BCUT2D eigenvalue weighted by Gasteiger charge is 2.16. The number of carbonyl (C=O) groups excluding carboxylic acids is 1. The smallest absolute Gasteiger partial charge is 0.251 e. The molecule has 0 bridgehead atoms. The van der Waals surface area contributed by atoms with Gasteiger partial charge < -0.3 is 19.7 Å². The van der Waals surface area contributed by atoms with Crippen LogP contribution in [0, 0.1) is 0 Å². The third-order valence-corrected chi connectivity index (χ3v) is 4.09. The minimum atomic E-state index is -0.152. The van der Waals surface area contributed by atoms with Gasteiger partial charge in [0.2, 0.25) is 0 Å². The van der Waals surface area contributed by atoms with Crippen molar-refractivity contribution < 1.29 is 14.3 Å². The predicted octanol–water partition coefficient (Wildman–Crippen LogP) is 2.80. The van der Waals surface area contributed by atoms with Crippen LogP contribution < -0.4 is 19.7 Å². The van der Waals surface area contributed by atoms with Gasteiger partial charge in [-0.15, -0.1) is 0 Å². The number of carbonyl (C=O) groups is 1. The van der Waals surface area contributed by atoms with E-state index in [0.29, 0.717) is 18.8 Å². The first-order valence-electron chi connectivity index (χ1n) is 8.38. The molecule has 3 rings (SSSR count). The second kappa shape index (κ2) is 7.42. The molecule has 1 amide bonds. The highest BCUT2D eigenvalue weighted by molar-refractivity contribution is 5.95. The number of rotatable bonds is 4. The fraction of sp³-hybridized carbons (Fsp3) is 0.368. The van der Waals surface area contributed by atoms with Crippen molar-refractivity contribution in [2.24, 2.45) is 0 Å². The second-order valence-electron chi connectivity index (χ2n) is 6.25. The Morgan fingerprint density at radius 2 is 1.92 bits per heavy atom. The number of benzene rings is 1. The van der Waals surface area contributed by atoms with Gasteiger partial charge in [-0.25, -0.2) is 4.98 Å². The summed E-state index contributed by atoms with van der Waals surface area (Å²) in [4.78, 5) is 18.6. The summed E-state index contributed by atoms with van der Waals surface area (Å²) in [5, 5.41) is 3.02. The van der Waals surface area contributed by atoms with Gasteiger partial charge in [-0.05, 0) is 36.8 Å². The number of amides is 1. The highest BCUT2D eigenvalue weighted by atomic mass is 16.5. The lowest BCUT2D eigenvalue weighted by Crippen LogP contribution is -2.27. The quantitative estimate of drug-likeness (QED) is 0.926. The molecule has 0 spiro atoms. The number of pyridine rings is 1. The molecule has 2 heterocycles. The van der Waals surface area contributed by atoms with E-state index in [1.807, 2.05) is 44.1 Å². The van der Waals surface area contributed by atoms with E-state index >= 15 is 0 Å². The van der Waals surface area contributed by atoms with Crippen molar-refractivity contribution in [3.05, 3.63) is 47.7 Å². The maximum absolute atomic E-state index is 12.5. The van der Waals surface area contributed by atoms with Gasteiger partial charge in [0.25, 0.3) is 5.91 Å². The normalized spacial score (nSPS) is 14.4. The molecular weight excluding hydrogens is 318 g/mol. The Kier molecular flexibility index (Phi) is 5.07. The van der Waals surface area contributed by atoms with Crippen molar-refractivity contribution in [2.45, 2.75) is 19.4 Å². The molecule has 1 atom stereocenters. The van der Waals surface area contributed by atoms with Crippen LogP contribution in [0.25, 0.3) is 0 Å². The van der Waals surface area contributed by atoms with Gasteiger partial charge in [0.15, 0.2) is 11.5 Å². The third kappa shape index (κ3) is 4.02. The van der Waals surface area contributed by atoms with Crippen LogP contribution in [-0.2, 0) is 0 Å². The number of anilines is 1. The standard InChI is InChI=1S/C19H23N3O3/c1-13(14-5-6-16-17(11-14)25-10-4-9-24-16)21-19(23)15-7-8-20-18(12-15)22(2)3/h5-8,11-13H,4,9-10H2,1-3H3,(H,21,23). The summed E-state index contributed by atoms with van der Waals surface area (Å²) in [6.07, 6.45) is 2.51. The van der Waals surface area contributed by atoms with Crippen LogP contribution in [-0.4, -0.2) is 38.2 Å². The summed E-state index contributed by atoms with van der Waals surface area (Å²) in [6.45, 7) is 3.25. The second-order valence-corrected chi connectivity index (χ2v) is 6.25. The van der Waals surface area contributed by atoms with Crippen molar-refractivity contribution in [1.29, 1.82) is 0 Å². The Bertz CT molecular complexity index is 761.